The maximum Gasteiger partial charge on any atom is 0.282 e. The molecule has 6 aromatic rings. The predicted molar refractivity (Wildman–Crippen MR) is 159 cm³/mol. The molecule has 2 aromatic heterocycles. The standard InChI is InChI=1S/C31H21BrClN3O3/c1-19-6-8-20(9-7-19)18-38-27-13-11-24(33)15-22(27)17-34-36-30(35-26-5-3-2-4-25(26)31(36)37)29-16-21-14-23(32)10-12-28(21)39-29/h2-17H,18H2,1H3. The van der Waals surface area contributed by atoms with Gasteiger partial charge in [0, 0.05) is 20.4 Å². The molecule has 0 bridgehead atoms. The first-order valence-electron chi connectivity index (χ1n) is 12.2. The zero-order chi connectivity index (χ0) is 26.9. The summed E-state index contributed by atoms with van der Waals surface area (Å²) in [6.07, 6.45) is 1.55. The highest BCUT2D eigenvalue weighted by atomic mass is 79.9. The topological polar surface area (TPSA) is 69.6 Å². The first kappa shape index (κ1) is 25.1. The number of para-hydroxylation sites is 1. The van der Waals surface area contributed by atoms with Gasteiger partial charge in [-0.3, -0.25) is 4.79 Å². The van der Waals surface area contributed by atoms with Crippen LogP contribution in [0.25, 0.3) is 33.5 Å². The Morgan fingerprint density at radius 2 is 1.85 bits per heavy atom. The minimum atomic E-state index is -0.322. The summed E-state index contributed by atoms with van der Waals surface area (Å²) in [7, 11) is 0. The number of nitrogens with zero attached hydrogens (tertiary/aromatic N) is 3. The fourth-order valence-corrected chi connectivity index (χ4v) is 4.79. The van der Waals surface area contributed by atoms with Crippen LogP contribution in [0.3, 0.4) is 0 Å². The van der Waals surface area contributed by atoms with E-state index in [9.17, 15) is 4.79 Å². The average molecular weight is 599 g/mol. The largest absolute Gasteiger partial charge is 0.488 e. The molecule has 0 unspecified atom stereocenters. The van der Waals surface area contributed by atoms with Crippen molar-refractivity contribution >= 4 is 55.6 Å². The molecule has 4 aromatic carbocycles. The number of rotatable bonds is 6. The van der Waals surface area contributed by atoms with Crippen molar-refractivity contribution in [1.29, 1.82) is 0 Å². The third-order valence-electron chi connectivity index (χ3n) is 6.25. The van der Waals surface area contributed by atoms with Crippen LogP contribution >= 0.6 is 27.5 Å². The van der Waals surface area contributed by atoms with Gasteiger partial charge in [0.15, 0.2) is 5.76 Å². The van der Waals surface area contributed by atoms with Gasteiger partial charge in [0.1, 0.15) is 17.9 Å². The molecule has 0 spiro atoms. The van der Waals surface area contributed by atoms with E-state index >= 15 is 0 Å². The lowest BCUT2D eigenvalue weighted by atomic mass is 10.1. The van der Waals surface area contributed by atoms with Crippen LogP contribution < -0.4 is 10.3 Å². The number of benzene rings is 4. The molecule has 0 saturated heterocycles. The van der Waals surface area contributed by atoms with Crippen LogP contribution in [-0.4, -0.2) is 15.9 Å². The summed E-state index contributed by atoms with van der Waals surface area (Å²) in [5.74, 6) is 1.29. The van der Waals surface area contributed by atoms with Crippen molar-refractivity contribution < 1.29 is 9.15 Å². The summed E-state index contributed by atoms with van der Waals surface area (Å²) in [5, 5.41) is 6.40. The molecule has 0 saturated carbocycles. The van der Waals surface area contributed by atoms with E-state index in [0.29, 0.717) is 45.2 Å². The van der Waals surface area contributed by atoms with Crippen LogP contribution in [0.15, 0.2) is 110 Å². The molecule has 0 amide bonds. The molecular weight excluding hydrogens is 578 g/mol. The Morgan fingerprint density at radius 3 is 2.69 bits per heavy atom. The molecule has 0 aliphatic rings. The van der Waals surface area contributed by atoms with Crippen molar-refractivity contribution in [1.82, 2.24) is 9.66 Å². The number of ether oxygens (including phenoxy) is 1. The number of aromatic nitrogens is 2. The molecule has 0 radical (unpaired) electrons. The molecular formula is C31H21BrClN3O3. The summed E-state index contributed by atoms with van der Waals surface area (Å²) in [4.78, 5) is 18.4. The minimum Gasteiger partial charge on any atom is -0.488 e. The van der Waals surface area contributed by atoms with E-state index in [0.717, 1.165) is 15.4 Å². The fraction of sp³-hybridized carbons (Fsp3) is 0.0645. The lowest BCUT2D eigenvalue weighted by Gasteiger charge is -2.11. The van der Waals surface area contributed by atoms with Crippen molar-refractivity contribution in [2.75, 3.05) is 0 Å². The highest BCUT2D eigenvalue weighted by Gasteiger charge is 2.17. The van der Waals surface area contributed by atoms with Crippen molar-refractivity contribution in [3.05, 3.63) is 128 Å². The van der Waals surface area contributed by atoms with Gasteiger partial charge in [-0.05, 0) is 67.1 Å². The summed E-state index contributed by atoms with van der Waals surface area (Å²) >= 11 is 9.80. The number of hydrogen-bond acceptors (Lipinski definition) is 5. The zero-order valence-electron chi connectivity index (χ0n) is 20.8. The van der Waals surface area contributed by atoms with Gasteiger partial charge in [-0.15, -0.1) is 0 Å². The van der Waals surface area contributed by atoms with Gasteiger partial charge in [-0.25, -0.2) is 4.98 Å². The number of furan rings is 1. The van der Waals surface area contributed by atoms with Crippen LogP contribution in [0.2, 0.25) is 5.02 Å². The Hall–Kier alpha value is -4.20. The van der Waals surface area contributed by atoms with Crippen molar-refractivity contribution in [3.63, 3.8) is 0 Å². The predicted octanol–water partition coefficient (Wildman–Crippen LogP) is 8.00. The summed E-state index contributed by atoms with van der Waals surface area (Å²) < 4.78 is 14.3. The van der Waals surface area contributed by atoms with E-state index in [1.54, 1.807) is 42.6 Å². The van der Waals surface area contributed by atoms with Gasteiger partial charge in [0.2, 0.25) is 5.82 Å². The van der Waals surface area contributed by atoms with Gasteiger partial charge < -0.3 is 9.15 Å². The second-order valence-electron chi connectivity index (χ2n) is 9.06. The molecule has 39 heavy (non-hydrogen) atoms. The molecule has 0 atom stereocenters. The van der Waals surface area contributed by atoms with E-state index in [4.69, 9.17) is 25.7 Å². The van der Waals surface area contributed by atoms with E-state index in [-0.39, 0.29) is 11.4 Å². The van der Waals surface area contributed by atoms with Gasteiger partial charge in [-0.1, -0.05) is 69.5 Å². The molecule has 0 N–H and O–H groups in total. The third kappa shape index (κ3) is 5.24. The Balaban J connectivity index is 1.44. The molecule has 6 rings (SSSR count). The van der Waals surface area contributed by atoms with Gasteiger partial charge in [0.05, 0.1) is 17.1 Å². The lowest BCUT2D eigenvalue weighted by Crippen LogP contribution is -2.20. The van der Waals surface area contributed by atoms with E-state index in [1.165, 1.54) is 10.2 Å². The molecule has 0 aliphatic heterocycles. The molecule has 0 aliphatic carbocycles. The zero-order valence-corrected chi connectivity index (χ0v) is 23.1. The van der Waals surface area contributed by atoms with Crippen LogP contribution in [0.4, 0.5) is 0 Å². The van der Waals surface area contributed by atoms with Crippen molar-refractivity contribution in [2.24, 2.45) is 5.10 Å². The van der Waals surface area contributed by atoms with Gasteiger partial charge in [0.25, 0.3) is 5.56 Å². The number of halogens is 2. The third-order valence-corrected chi connectivity index (χ3v) is 6.98. The van der Waals surface area contributed by atoms with Crippen molar-refractivity contribution in [2.45, 2.75) is 13.5 Å². The van der Waals surface area contributed by atoms with Crippen LogP contribution in [0.1, 0.15) is 16.7 Å². The number of aryl methyl sites for hydroxylation is 1. The summed E-state index contributed by atoms with van der Waals surface area (Å²) in [6, 6.07) is 28.1. The van der Waals surface area contributed by atoms with Crippen LogP contribution in [-0.2, 0) is 6.61 Å². The lowest BCUT2D eigenvalue weighted by molar-refractivity contribution is 0.306. The fourth-order valence-electron chi connectivity index (χ4n) is 4.23. The maximum absolute atomic E-state index is 13.6. The first-order chi connectivity index (χ1) is 18.9. The summed E-state index contributed by atoms with van der Waals surface area (Å²) in [6.45, 7) is 2.42. The van der Waals surface area contributed by atoms with Crippen LogP contribution in [0.5, 0.6) is 5.75 Å². The second-order valence-corrected chi connectivity index (χ2v) is 10.4. The smallest absolute Gasteiger partial charge is 0.282 e. The minimum absolute atomic E-state index is 0.284. The Kier molecular flexibility index (Phi) is 6.77. The monoisotopic (exact) mass is 597 g/mol. The average Bonchev–Trinajstić information content (AvgIpc) is 3.36. The molecule has 0 fully saturated rings. The maximum atomic E-state index is 13.6. The van der Waals surface area contributed by atoms with Crippen molar-refractivity contribution in [3.8, 4) is 17.3 Å². The molecule has 2 heterocycles. The first-order valence-corrected chi connectivity index (χ1v) is 13.4. The molecule has 8 heteroatoms. The highest BCUT2D eigenvalue weighted by molar-refractivity contribution is 9.10. The van der Waals surface area contributed by atoms with E-state index < -0.39 is 0 Å². The highest BCUT2D eigenvalue weighted by Crippen LogP contribution is 2.29. The van der Waals surface area contributed by atoms with Gasteiger partial charge in [-0.2, -0.15) is 9.78 Å². The number of hydrogen-bond donors (Lipinski definition) is 0. The Labute approximate surface area is 237 Å². The SMILES string of the molecule is Cc1ccc(COc2ccc(Cl)cc2C=Nn2c(-c3cc4cc(Br)ccc4o3)nc3ccccc3c2=O)cc1. The molecule has 192 valence electrons. The Morgan fingerprint density at radius 1 is 1.03 bits per heavy atom. The number of fused-ring (bicyclic) bond motifs is 2. The quantitative estimate of drug-likeness (QED) is 0.182. The normalized spacial score (nSPS) is 11.6. The molecule has 6 nitrogen and oxygen atoms in total. The van der Waals surface area contributed by atoms with E-state index in [2.05, 4.69) is 21.0 Å². The second kappa shape index (κ2) is 10.5. The van der Waals surface area contributed by atoms with Gasteiger partial charge >= 0.3 is 0 Å². The van der Waals surface area contributed by atoms with E-state index in [1.807, 2.05) is 61.5 Å². The summed E-state index contributed by atoms with van der Waals surface area (Å²) in [5.41, 5.74) is 3.74. The van der Waals surface area contributed by atoms with Crippen LogP contribution in [0, 0.1) is 6.92 Å². The Bertz CT molecular complexity index is 1930.